The molecule has 0 saturated heterocycles. The fourth-order valence-electron chi connectivity index (χ4n) is 2.06. The van der Waals surface area contributed by atoms with Crippen LogP contribution in [0.15, 0.2) is 24.8 Å². The highest BCUT2D eigenvalue weighted by atomic mass is 28.3. The van der Waals surface area contributed by atoms with Gasteiger partial charge in [-0.25, -0.2) is 0 Å². The van der Waals surface area contributed by atoms with Gasteiger partial charge in [0.05, 0.1) is 0 Å². The summed E-state index contributed by atoms with van der Waals surface area (Å²) in [5.41, 5.74) is 0. The Bertz CT molecular complexity index is 210. The first-order valence-electron chi connectivity index (χ1n) is 5.80. The SMILES string of the molecule is C=C[C@H]1CC[C@@H](/C=C/C[Si](C)(C)C)C1. The second-order valence-corrected chi connectivity index (χ2v) is 11.3. The molecule has 1 aliphatic rings. The fraction of sp³-hybridized carbons (Fsp3) is 0.692. The number of hydrogen-bond acceptors (Lipinski definition) is 0. The molecule has 1 saturated carbocycles. The van der Waals surface area contributed by atoms with Gasteiger partial charge in [0.2, 0.25) is 0 Å². The zero-order valence-electron chi connectivity index (χ0n) is 9.92. The molecule has 0 unspecified atom stereocenters. The average molecular weight is 208 g/mol. The minimum absolute atomic E-state index is 0.788. The van der Waals surface area contributed by atoms with E-state index in [9.17, 15) is 0 Å². The maximum atomic E-state index is 3.88. The quantitative estimate of drug-likeness (QED) is 0.472. The van der Waals surface area contributed by atoms with Crippen LogP contribution in [0.4, 0.5) is 0 Å². The topological polar surface area (TPSA) is 0 Å². The smallest absolute Gasteiger partial charge is 0.0480 e. The van der Waals surface area contributed by atoms with Gasteiger partial charge in [0.25, 0.3) is 0 Å². The van der Waals surface area contributed by atoms with Crippen molar-refractivity contribution in [2.24, 2.45) is 11.8 Å². The van der Waals surface area contributed by atoms with E-state index in [4.69, 9.17) is 0 Å². The molecule has 0 aromatic rings. The van der Waals surface area contributed by atoms with Crippen LogP contribution in [-0.2, 0) is 0 Å². The van der Waals surface area contributed by atoms with E-state index in [-0.39, 0.29) is 0 Å². The van der Waals surface area contributed by atoms with Gasteiger partial charge in [-0.05, 0) is 37.1 Å². The molecule has 14 heavy (non-hydrogen) atoms. The summed E-state index contributed by atoms with van der Waals surface area (Å²) < 4.78 is 0. The summed E-state index contributed by atoms with van der Waals surface area (Å²) in [6.45, 7) is 11.2. The summed E-state index contributed by atoms with van der Waals surface area (Å²) >= 11 is 0. The number of rotatable bonds is 4. The van der Waals surface area contributed by atoms with E-state index in [1.54, 1.807) is 0 Å². The molecule has 0 radical (unpaired) electrons. The number of allylic oxidation sites excluding steroid dienone is 3. The zero-order valence-corrected chi connectivity index (χ0v) is 10.9. The Kier molecular flexibility index (Phi) is 4.18. The van der Waals surface area contributed by atoms with Crippen LogP contribution in [0.25, 0.3) is 0 Å². The first kappa shape index (κ1) is 11.8. The van der Waals surface area contributed by atoms with Crippen molar-refractivity contribution in [3.8, 4) is 0 Å². The first-order chi connectivity index (χ1) is 6.51. The van der Waals surface area contributed by atoms with Crippen molar-refractivity contribution >= 4 is 8.07 Å². The Balaban J connectivity index is 2.28. The van der Waals surface area contributed by atoms with Crippen molar-refractivity contribution in [2.45, 2.75) is 44.9 Å². The standard InChI is InChI=1S/C13H24Si/c1-5-12-8-9-13(11-12)7-6-10-14(2,3)4/h5-7,12-13H,1,8-11H2,2-4H3/b7-6+/t12-,13+/m0/s1. The molecule has 80 valence electrons. The first-order valence-corrected chi connectivity index (χ1v) is 9.51. The summed E-state index contributed by atoms with van der Waals surface area (Å²) in [6, 6.07) is 1.34. The van der Waals surface area contributed by atoms with E-state index >= 15 is 0 Å². The largest absolute Gasteiger partial charge is 0.103 e. The van der Waals surface area contributed by atoms with E-state index in [1.807, 2.05) is 0 Å². The third-order valence-electron chi connectivity index (χ3n) is 2.99. The van der Waals surface area contributed by atoms with Crippen molar-refractivity contribution in [3.05, 3.63) is 24.8 Å². The van der Waals surface area contributed by atoms with Crippen molar-refractivity contribution < 1.29 is 0 Å². The molecular weight excluding hydrogens is 184 g/mol. The Hall–Kier alpha value is -0.303. The second kappa shape index (κ2) is 4.97. The Morgan fingerprint density at radius 3 is 2.36 bits per heavy atom. The second-order valence-electron chi connectivity index (χ2n) is 5.76. The van der Waals surface area contributed by atoms with Gasteiger partial charge in [0.1, 0.15) is 0 Å². The van der Waals surface area contributed by atoms with E-state index in [2.05, 4.69) is 44.4 Å². The van der Waals surface area contributed by atoms with E-state index < -0.39 is 8.07 Å². The van der Waals surface area contributed by atoms with Crippen molar-refractivity contribution in [3.63, 3.8) is 0 Å². The van der Waals surface area contributed by atoms with Crippen LogP contribution in [0.1, 0.15) is 19.3 Å². The zero-order chi connectivity index (χ0) is 10.6. The van der Waals surface area contributed by atoms with E-state index in [0.29, 0.717) is 0 Å². The van der Waals surface area contributed by atoms with Crippen LogP contribution < -0.4 is 0 Å². The van der Waals surface area contributed by atoms with Gasteiger partial charge >= 0.3 is 0 Å². The predicted molar refractivity (Wildman–Crippen MR) is 68.3 cm³/mol. The lowest BCUT2D eigenvalue weighted by molar-refractivity contribution is 0.639. The minimum Gasteiger partial charge on any atom is -0.103 e. The van der Waals surface area contributed by atoms with Gasteiger partial charge in [0.15, 0.2) is 0 Å². The molecule has 1 aliphatic carbocycles. The monoisotopic (exact) mass is 208 g/mol. The normalized spacial score (nSPS) is 28.5. The molecule has 0 aromatic heterocycles. The van der Waals surface area contributed by atoms with Crippen LogP contribution in [0.5, 0.6) is 0 Å². The van der Waals surface area contributed by atoms with Crippen molar-refractivity contribution in [1.82, 2.24) is 0 Å². The molecule has 0 spiro atoms. The van der Waals surface area contributed by atoms with Gasteiger partial charge in [-0.1, -0.05) is 37.9 Å². The van der Waals surface area contributed by atoms with Crippen LogP contribution >= 0.6 is 0 Å². The molecule has 0 heterocycles. The Morgan fingerprint density at radius 1 is 1.21 bits per heavy atom. The molecule has 0 N–H and O–H groups in total. The fourth-order valence-corrected chi connectivity index (χ4v) is 2.90. The molecular formula is C13H24Si. The summed E-state index contributed by atoms with van der Waals surface area (Å²) in [5.74, 6) is 1.63. The van der Waals surface area contributed by atoms with Gasteiger partial charge in [-0.3, -0.25) is 0 Å². The average Bonchev–Trinajstić information content (AvgIpc) is 2.50. The van der Waals surface area contributed by atoms with Gasteiger partial charge < -0.3 is 0 Å². The highest BCUT2D eigenvalue weighted by Gasteiger charge is 2.20. The van der Waals surface area contributed by atoms with Gasteiger partial charge in [-0.15, -0.1) is 6.58 Å². The van der Waals surface area contributed by atoms with Crippen LogP contribution in [-0.4, -0.2) is 8.07 Å². The molecule has 2 atom stereocenters. The van der Waals surface area contributed by atoms with Crippen molar-refractivity contribution in [2.75, 3.05) is 0 Å². The minimum atomic E-state index is -0.861. The highest BCUT2D eigenvalue weighted by Crippen LogP contribution is 2.32. The maximum absolute atomic E-state index is 3.88. The summed E-state index contributed by atoms with van der Waals surface area (Å²) in [4.78, 5) is 0. The molecule has 0 aliphatic heterocycles. The lowest BCUT2D eigenvalue weighted by Crippen LogP contribution is -2.17. The molecule has 0 nitrogen and oxygen atoms in total. The lowest BCUT2D eigenvalue weighted by Gasteiger charge is -2.12. The van der Waals surface area contributed by atoms with Crippen molar-refractivity contribution in [1.29, 1.82) is 0 Å². The third kappa shape index (κ3) is 4.27. The summed E-state index contributed by atoms with van der Waals surface area (Å²) in [6.07, 6.45) is 11.1. The molecule has 0 amide bonds. The van der Waals surface area contributed by atoms with Crippen LogP contribution in [0, 0.1) is 11.8 Å². The van der Waals surface area contributed by atoms with E-state index in [1.165, 1.54) is 25.3 Å². The molecule has 1 heteroatoms. The lowest BCUT2D eigenvalue weighted by atomic mass is 10.1. The highest BCUT2D eigenvalue weighted by molar-refractivity contribution is 6.76. The van der Waals surface area contributed by atoms with Gasteiger partial charge in [-0.2, -0.15) is 0 Å². The molecule has 0 aromatic carbocycles. The summed E-state index contributed by atoms with van der Waals surface area (Å²) in [7, 11) is -0.861. The molecule has 1 fully saturated rings. The molecule has 0 bridgehead atoms. The predicted octanol–water partition coefficient (Wildman–Crippen LogP) is 4.48. The summed E-state index contributed by atoms with van der Waals surface area (Å²) in [5, 5.41) is 0. The molecule has 1 rings (SSSR count). The van der Waals surface area contributed by atoms with Gasteiger partial charge in [0, 0.05) is 8.07 Å². The Labute approximate surface area is 90.1 Å². The Morgan fingerprint density at radius 2 is 1.86 bits per heavy atom. The maximum Gasteiger partial charge on any atom is 0.0480 e. The van der Waals surface area contributed by atoms with Crippen LogP contribution in [0.2, 0.25) is 25.7 Å². The third-order valence-corrected chi connectivity index (χ3v) is 4.45. The number of hydrogen-bond donors (Lipinski definition) is 0. The van der Waals surface area contributed by atoms with Crippen LogP contribution in [0.3, 0.4) is 0 Å². The van der Waals surface area contributed by atoms with E-state index in [0.717, 1.165) is 11.8 Å².